The third kappa shape index (κ3) is 4.49. The highest BCUT2D eigenvalue weighted by Crippen LogP contribution is 2.31. The largest absolute Gasteiger partial charge is 0.495 e. The van der Waals surface area contributed by atoms with Crippen LogP contribution in [0, 0.1) is 6.92 Å². The number of benzene rings is 2. The number of nitrogens with zero attached hydrogens (tertiary/aromatic N) is 2. The van der Waals surface area contributed by atoms with Gasteiger partial charge in [-0.3, -0.25) is 0 Å². The quantitative estimate of drug-likeness (QED) is 0.357. The minimum absolute atomic E-state index is 0.351. The van der Waals surface area contributed by atoms with Gasteiger partial charge in [0.1, 0.15) is 11.6 Å². The van der Waals surface area contributed by atoms with Gasteiger partial charge in [0.15, 0.2) is 0 Å². The molecule has 4 rings (SSSR count). The fourth-order valence-corrected chi connectivity index (χ4v) is 3.80. The molecule has 0 saturated carbocycles. The van der Waals surface area contributed by atoms with Gasteiger partial charge >= 0.3 is 6.03 Å². The Labute approximate surface area is 188 Å². The first-order valence-electron chi connectivity index (χ1n) is 9.65. The second-order valence-electron chi connectivity index (χ2n) is 7.15. The SMILES string of the molecule is COc1cc(C)c(Br)cc1NC(=O)Nc1cccc2c1ccn2Cc1ccnc(N)c1. The maximum atomic E-state index is 12.7. The molecule has 158 valence electrons. The highest BCUT2D eigenvalue weighted by molar-refractivity contribution is 9.10. The minimum atomic E-state index is -0.351. The molecular formula is C23H22BrN5O2. The predicted molar refractivity (Wildman–Crippen MR) is 128 cm³/mol. The van der Waals surface area contributed by atoms with Gasteiger partial charge in [-0.25, -0.2) is 9.78 Å². The minimum Gasteiger partial charge on any atom is -0.495 e. The van der Waals surface area contributed by atoms with Gasteiger partial charge < -0.3 is 25.7 Å². The Morgan fingerprint density at radius 3 is 2.74 bits per heavy atom. The van der Waals surface area contributed by atoms with Crippen LogP contribution in [0.5, 0.6) is 5.75 Å². The molecule has 0 aliphatic carbocycles. The zero-order valence-corrected chi connectivity index (χ0v) is 18.7. The number of carbonyl (C=O) groups is 1. The topological polar surface area (TPSA) is 94.2 Å². The van der Waals surface area contributed by atoms with Crippen molar-refractivity contribution in [2.24, 2.45) is 0 Å². The number of halogens is 1. The van der Waals surface area contributed by atoms with Crippen molar-refractivity contribution >= 4 is 50.1 Å². The van der Waals surface area contributed by atoms with Crippen molar-refractivity contribution in [2.45, 2.75) is 13.5 Å². The van der Waals surface area contributed by atoms with Gasteiger partial charge in [-0.15, -0.1) is 0 Å². The summed E-state index contributed by atoms with van der Waals surface area (Å²) in [7, 11) is 1.58. The molecule has 4 N–H and O–H groups in total. The molecule has 2 aromatic heterocycles. The molecule has 0 aliphatic rings. The number of carbonyl (C=O) groups excluding carboxylic acids is 1. The average Bonchev–Trinajstić information content (AvgIpc) is 3.14. The van der Waals surface area contributed by atoms with Crippen LogP contribution in [0.3, 0.4) is 0 Å². The molecule has 2 heterocycles. The Hall–Kier alpha value is -3.52. The highest BCUT2D eigenvalue weighted by atomic mass is 79.9. The Morgan fingerprint density at radius 1 is 1.16 bits per heavy atom. The lowest BCUT2D eigenvalue weighted by Crippen LogP contribution is -2.20. The normalized spacial score (nSPS) is 10.8. The van der Waals surface area contributed by atoms with E-state index in [1.54, 1.807) is 13.3 Å². The van der Waals surface area contributed by atoms with E-state index in [1.807, 2.05) is 61.7 Å². The van der Waals surface area contributed by atoms with Crippen LogP contribution >= 0.6 is 15.9 Å². The maximum absolute atomic E-state index is 12.7. The third-order valence-corrected chi connectivity index (χ3v) is 5.84. The summed E-state index contributed by atoms with van der Waals surface area (Å²) in [5, 5.41) is 6.75. The molecule has 2 aromatic carbocycles. The molecule has 0 spiro atoms. The molecule has 0 bridgehead atoms. The lowest BCUT2D eigenvalue weighted by atomic mass is 10.2. The van der Waals surface area contributed by atoms with Crippen LogP contribution in [-0.2, 0) is 6.54 Å². The molecule has 0 saturated heterocycles. The number of fused-ring (bicyclic) bond motifs is 1. The van der Waals surface area contributed by atoms with Crippen LogP contribution in [0.1, 0.15) is 11.1 Å². The number of nitrogens with one attached hydrogen (secondary N) is 2. The molecule has 0 atom stereocenters. The number of amides is 2. The number of aromatic nitrogens is 2. The van der Waals surface area contributed by atoms with Crippen molar-refractivity contribution < 1.29 is 9.53 Å². The first kappa shape index (κ1) is 20.7. The van der Waals surface area contributed by atoms with Gasteiger partial charge in [0.25, 0.3) is 0 Å². The number of ether oxygens (including phenoxy) is 1. The van der Waals surface area contributed by atoms with E-state index in [4.69, 9.17) is 10.5 Å². The van der Waals surface area contributed by atoms with Gasteiger partial charge in [-0.2, -0.15) is 0 Å². The zero-order valence-electron chi connectivity index (χ0n) is 17.1. The first-order valence-corrected chi connectivity index (χ1v) is 10.4. The summed E-state index contributed by atoms with van der Waals surface area (Å²) in [4.78, 5) is 16.7. The number of pyridine rings is 1. The third-order valence-electron chi connectivity index (χ3n) is 4.99. The highest BCUT2D eigenvalue weighted by Gasteiger charge is 2.13. The van der Waals surface area contributed by atoms with Crippen LogP contribution in [0.2, 0.25) is 0 Å². The van der Waals surface area contributed by atoms with Crippen LogP contribution in [0.25, 0.3) is 10.9 Å². The summed E-state index contributed by atoms with van der Waals surface area (Å²) < 4.78 is 8.38. The molecule has 0 unspecified atom stereocenters. The maximum Gasteiger partial charge on any atom is 0.323 e. The van der Waals surface area contributed by atoms with Gasteiger partial charge in [0, 0.05) is 28.8 Å². The molecule has 0 radical (unpaired) electrons. The Balaban J connectivity index is 1.56. The fraction of sp³-hybridized carbons (Fsp3) is 0.130. The number of hydrogen-bond donors (Lipinski definition) is 3. The van der Waals surface area contributed by atoms with E-state index >= 15 is 0 Å². The number of anilines is 3. The van der Waals surface area contributed by atoms with Gasteiger partial charge in [-0.1, -0.05) is 22.0 Å². The summed E-state index contributed by atoms with van der Waals surface area (Å²) in [5.41, 5.74) is 10.2. The second kappa shape index (κ2) is 8.69. The standard InChI is InChI=1S/C23H22BrN5O2/c1-14-10-21(31-2)19(12-17(14)24)28-23(30)27-18-4-3-5-20-16(18)7-9-29(20)13-15-6-8-26-22(25)11-15/h3-12H,13H2,1-2H3,(H2,25,26)(H2,27,28,30). The Morgan fingerprint density at radius 2 is 1.97 bits per heavy atom. The van der Waals surface area contributed by atoms with Crippen molar-refractivity contribution in [3.8, 4) is 5.75 Å². The van der Waals surface area contributed by atoms with Gasteiger partial charge in [0.05, 0.1) is 24.0 Å². The zero-order chi connectivity index (χ0) is 22.0. The summed E-state index contributed by atoms with van der Waals surface area (Å²) in [5.74, 6) is 1.09. The molecular weight excluding hydrogens is 458 g/mol. The van der Waals surface area contributed by atoms with Crippen LogP contribution in [0.4, 0.5) is 22.0 Å². The number of nitrogens with two attached hydrogens (primary N) is 1. The molecule has 4 aromatic rings. The molecule has 2 amide bonds. The van der Waals surface area contributed by atoms with Crippen LogP contribution in [0.15, 0.2) is 65.4 Å². The summed E-state index contributed by atoms with van der Waals surface area (Å²) in [6.07, 6.45) is 3.69. The van der Waals surface area contributed by atoms with E-state index in [1.165, 1.54) is 0 Å². The number of methoxy groups -OCH3 is 1. The Bertz CT molecular complexity index is 1270. The smallest absolute Gasteiger partial charge is 0.323 e. The second-order valence-corrected chi connectivity index (χ2v) is 8.01. The van der Waals surface area contributed by atoms with E-state index in [9.17, 15) is 4.79 Å². The molecule has 0 fully saturated rings. The average molecular weight is 480 g/mol. The number of nitrogen functional groups attached to an aromatic ring is 1. The Kier molecular flexibility index (Phi) is 5.81. The van der Waals surface area contributed by atoms with E-state index in [0.29, 0.717) is 29.5 Å². The van der Waals surface area contributed by atoms with E-state index in [-0.39, 0.29) is 6.03 Å². The lowest BCUT2D eigenvalue weighted by molar-refractivity contribution is 0.262. The van der Waals surface area contributed by atoms with Crippen LogP contribution in [-0.4, -0.2) is 22.7 Å². The van der Waals surface area contributed by atoms with E-state index in [2.05, 4.69) is 36.1 Å². The predicted octanol–water partition coefficient (Wildman–Crippen LogP) is 5.39. The summed E-state index contributed by atoms with van der Waals surface area (Å²) >= 11 is 3.49. The van der Waals surface area contributed by atoms with Crippen molar-refractivity contribution in [1.29, 1.82) is 0 Å². The fourth-order valence-electron chi connectivity index (χ4n) is 3.46. The molecule has 7 nitrogen and oxygen atoms in total. The number of hydrogen-bond acceptors (Lipinski definition) is 4. The van der Waals surface area contributed by atoms with Crippen molar-refractivity contribution in [1.82, 2.24) is 9.55 Å². The van der Waals surface area contributed by atoms with Crippen molar-refractivity contribution in [2.75, 3.05) is 23.5 Å². The number of aryl methyl sites for hydroxylation is 1. The van der Waals surface area contributed by atoms with E-state index < -0.39 is 0 Å². The summed E-state index contributed by atoms with van der Waals surface area (Å²) in [6, 6.07) is 14.9. The number of rotatable bonds is 5. The first-order chi connectivity index (χ1) is 14.9. The lowest BCUT2D eigenvalue weighted by Gasteiger charge is -2.14. The molecule has 0 aliphatic heterocycles. The van der Waals surface area contributed by atoms with Crippen molar-refractivity contribution in [3.05, 3.63) is 76.5 Å². The van der Waals surface area contributed by atoms with Crippen molar-refractivity contribution in [3.63, 3.8) is 0 Å². The van der Waals surface area contributed by atoms with Crippen LogP contribution < -0.4 is 21.1 Å². The summed E-state index contributed by atoms with van der Waals surface area (Å²) in [6.45, 7) is 2.61. The van der Waals surface area contributed by atoms with Gasteiger partial charge in [0.2, 0.25) is 0 Å². The monoisotopic (exact) mass is 479 g/mol. The van der Waals surface area contributed by atoms with Gasteiger partial charge in [-0.05, 0) is 60.5 Å². The van der Waals surface area contributed by atoms with E-state index in [0.717, 1.165) is 26.5 Å². The number of urea groups is 1. The molecule has 31 heavy (non-hydrogen) atoms. The molecule has 8 heteroatoms.